The van der Waals surface area contributed by atoms with Gasteiger partial charge in [0.2, 0.25) is 0 Å². The second-order valence-electron chi connectivity index (χ2n) is 10.6. The number of piperidine rings is 1. The molecule has 6 heteroatoms. The molecule has 3 amide bonds. The van der Waals surface area contributed by atoms with E-state index in [9.17, 15) is 9.59 Å². The summed E-state index contributed by atoms with van der Waals surface area (Å²) in [5.41, 5.74) is 4.10. The van der Waals surface area contributed by atoms with Crippen molar-refractivity contribution in [1.29, 1.82) is 0 Å². The summed E-state index contributed by atoms with van der Waals surface area (Å²) in [6.07, 6.45) is 9.26. The molecule has 1 aliphatic heterocycles. The summed E-state index contributed by atoms with van der Waals surface area (Å²) >= 11 is 0. The van der Waals surface area contributed by atoms with Gasteiger partial charge in [-0.3, -0.25) is 9.69 Å². The lowest BCUT2D eigenvalue weighted by molar-refractivity contribution is -0.145. The Morgan fingerprint density at radius 3 is 2.49 bits per heavy atom. The van der Waals surface area contributed by atoms with Crippen LogP contribution in [0.4, 0.5) is 10.5 Å². The van der Waals surface area contributed by atoms with Gasteiger partial charge in [0.05, 0.1) is 6.61 Å². The Labute approximate surface area is 222 Å². The molecule has 1 atom stereocenters. The Morgan fingerprint density at radius 1 is 1.03 bits per heavy atom. The van der Waals surface area contributed by atoms with Crippen molar-refractivity contribution in [2.24, 2.45) is 5.92 Å². The van der Waals surface area contributed by atoms with E-state index in [1.54, 1.807) is 11.9 Å². The molecule has 2 fully saturated rings. The fraction of sp³-hybridized carbons (Fsp3) is 0.548. The molecule has 2 aromatic carbocycles. The van der Waals surface area contributed by atoms with Crippen LogP contribution in [-0.2, 0) is 16.0 Å². The van der Waals surface area contributed by atoms with E-state index in [1.807, 2.05) is 23.1 Å². The molecule has 1 saturated carbocycles. The van der Waals surface area contributed by atoms with Gasteiger partial charge in [-0.15, -0.1) is 0 Å². The van der Waals surface area contributed by atoms with Crippen molar-refractivity contribution in [2.75, 3.05) is 38.2 Å². The smallest absolute Gasteiger partial charge is 0.321 e. The summed E-state index contributed by atoms with van der Waals surface area (Å²) in [6, 6.07) is 16.4. The fourth-order valence-corrected chi connectivity index (χ4v) is 4.82. The molecule has 6 nitrogen and oxygen atoms in total. The monoisotopic (exact) mass is 505 g/mol. The second-order valence-corrected chi connectivity index (χ2v) is 10.6. The van der Waals surface area contributed by atoms with Gasteiger partial charge >= 0.3 is 6.03 Å². The van der Waals surface area contributed by atoms with Gasteiger partial charge in [-0.2, -0.15) is 0 Å². The molecule has 0 spiro atoms. The van der Waals surface area contributed by atoms with Crippen molar-refractivity contribution < 1.29 is 14.3 Å². The maximum absolute atomic E-state index is 13.2. The van der Waals surface area contributed by atoms with Crippen molar-refractivity contribution in [3.8, 4) is 11.1 Å². The number of nitrogens with zero attached hydrogens (tertiary/aromatic N) is 2. The first-order valence-electron chi connectivity index (χ1n) is 14.2. The number of anilines is 1. The number of rotatable bonds is 12. The van der Waals surface area contributed by atoms with Gasteiger partial charge in [0.25, 0.3) is 5.91 Å². The van der Waals surface area contributed by atoms with Crippen molar-refractivity contribution in [3.63, 3.8) is 0 Å². The molecule has 1 aliphatic carbocycles. The number of hydrogen-bond acceptors (Lipinski definition) is 3. The molecule has 0 radical (unpaired) electrons. The van der Waals surface area contributed by atoms with Crippen LogP contribution >= 0.6 is 0 Å². The van der Waals surface area contributed by atoms with Crippen LogP contribution in [-0.4, -0.2) is 56.2 Å². The summed E-state index contributed by atoms with van der Waals surface area (Å²) < 4.78 is 6.17. The van der Waals surface area contributed by atoms with Crippen LogP contribution in [0, 0.1) is 5.92 Å². The van der Waals surface area contributed by atoms with Gasteiger partial charge in [-0.1, -0.05) is 56.2 Å². The Bertz CT molecular complexity index is 1010. The zero-order valence-corrected chi connectivity index (χ0v) is 22.6. The molecule has 2 aromatic rings. The average molecular weight is 506 g/mol. The van der Waals surface area contributed by atoms with E-state index in [0.29, 0.717) is 25.5 Å². The third kappa shape index (κ3) is 8.06. The number of ether oxygens (including phenoxy) is 1. The quantitative estimate of drug-likeness (QED) is 0.358. The molecule has 0 aromatic heterocycles. The summed E-state index contributed by atoms with van der Waals surface area (Å²) in [7, 11) is 1.80. The zero-order chi connectivity index (χ0) is 26.0. The number of urea groups is 1. The van der Waals surface area contributed by atoms with Crippen molar-refractivity contribution in [3.05, 3.63) is 54.1 Å². The predicted octanol–water partition coefficient (Wildman–Crippen LogP) is 6.04. The molecule has 4 rings (SSSR count). The van der Waals surface area contributed by atoms with E-state index in [4.69, 9.17) is 4.74 Å². The van der Waals surface area contributed by atoms with E-state index in [-0.39, 0.29) is 11.9 Å². The highest BCUT2D eigenvalue weighted by molar-refractivity contribution is 5.92. The topological polar surface area (TPSA) is 61.9 Å². The lowest BCUT2D eigenvalue weighted by Crippen LogP contribution is -2.44. The summed E-state index contributed by atoms with van der Waals surface area (Å²) in [4.78, 5) is 29.4. The van der Waals surface area contributed by atoms with Gasteiger partial charge in [0.15, 0.2) is 0 Å². The molecule has 1 heterocycles. The summed E-state index contributed by atoms with van der Waals surface area (Å²) in [5, 5.41) is 3.00. The molecule has 1 saturated heterocycles. The third-order valence-corrected chi connectivity index (χ3v) is 7.48. The summed E-state index contributed by atoms with van der Waals surface area (Å²) in [5.74, 6) is 0.774. The van der Waals surface area contributed by atoms with E-state index in [1.165, 1.54) is 19.3 Å². The normalized spacial score (nSPS) is 16.3. The number of benzene rings is 2. The van der Waals surface area contributed by atoms with Crippen LogP contribution in [0.25, 0.3) is 11.1 Å². The van der Waals surface area contributed by atoms with Crippen LogP contribution in [0.2, 0.25) is 0 Å². The van der Waals surface area contributed by atoms with Gasteiger partial charge in [-0.05, 0) is 73.3 Å². The van der Waals surface area contributed by atoms with Gasteiger partial charge in [0, 0.05) is 38.8 Å². The first kappa shape index (κ1) is 27.2. The molecule has 0 bridgehead atoms. The predicted molar refractivity (Wildman–Crippen MR) is 150 cm³/mol. The molecule has 1 unspecified atom stereocenters. The Hall–Kier alpha value is -2.86. The SMILES string of the molecule is CCCCCNC(=O)N(C)c1cccc(-c2ccc(CC(OCC3CC3)C(=O)N3CCCCC3)cc2)c1. The van der Waals surface area contributed by atoms with Crippen LogP contribution in [0.3, 0.4) is 0 Å². The van der Waals surface area contributed by atoms with Gasteiger partial charge < -0.3 is 15.0 Å². The summed E-state index contributed by atoms with van der Waals surface area (Å²) in [6.45, 7) is 5.24. The molecule has 1 N–H and O–H groups in total. The Balaban J connectivity index is 1.39. The maximum Gasteiger partial charge on any atom is 0.321 e. The highest BCUT2D eigenvalue weighted by Gasteiger charge is 2.29. The average Bonchev–Trinajstić information content (AvgIpc) is 3.78. The highest BCUT2D eigenvalue weighted by atomic mass is 16.5. The van der Waals surface area contributed by atoms with Crippen LogP contribution in [0.15, 0.2) is 48.5 Å². The molecular weight excluding hydrogens is 462 g/mol. The Kier molecular flexibility index (Phi) is 10.0. The third-order valence-electron chi connectivity index (χ3n) is 7.48. The van der Waals surface area contributed by atoms with E-state index < -0.39 is 6.10 Å². The number of amides is 3. The zero-order valence-electron chi connectivity index (χ0n) is 22.6. The van der Waals surface area contributed by atoms with E-state index in [2.05, 4.69) is 42.6 Å². The first-order valence-corrected chi connectivity index (χ1v) is 14.2. The molecule has 200 valence electrons. The first-order chi connectivity index (χ1) is 18.0. The number of carbonyl (C=O) groups excluding carboxylic acids is 2. The van der Waals surface area contributed by atoms with Crippen molar-refractivity contribution in [2.45, 2.75) is 70.8 Å². The highest BCUT2D eigenvalue weighted by Crippen LogP contribution is 2.30. The number of hydrogen-bond donors (Lipinski definition) is 1. The van der Waals surface area contributed by atoms with Gasteiger partial charge in [0.1, 0.15) is 6.10 Å². The van der Waals surface area contributed by atoms with Crippen LogP contribution < -0.4 is 10.2 Å². The number of nitrogens with one attached hydrogen (secondary N) is 1. The van der Waals surface area contributed by atoms with Crippen LogP contribution in [0.1, 0.15) is 63.9 Å². The molecular formula is C31H43N3O3. The number of likely N-dealkylation sites (tertiary alicyclic amines) is 1. The van der Waals surface area contributed by atoms with Crippen molar-refractivity contribution >= 4 is 17.6 Å². The lowest BCUT2D eigenvalue weighted by Gasteiger charge is -2.30. The molecule has 2 aliphatic rings. The fourth-order valence-electron chi connectivity index (χ4n) is 4.82. The second kappa shape index (κ2) is 13.6. The lowest BCUT2D eigenvalue weighted by atomic mass is 10.00. The largest absolute Gasteiger partial charge is 0.368 e. The van der Waals surface area contributed by atoms with E-state index in [0.717, 1.165) is 67.6 Å². The minimum atomic E-state index is -0.405. The number of unbranched alkanes of at least 4 members (excludes halogenated alkanes) is 2. The minimum absolute atomic E-state index is 0.0841. The van der Waals surface area contributed by atoms with E-state index >= 15 is 0 Å². The Morgan fingerprint density at radius 2 is 1.78 bits per heavy atom. The number of carbonyl (C=O) groups is 2. The standard InChI is InChI=1S/C31H43N3O3/c1-3-4-6-18-32-31(36)33(2)28-11-9-10-27(22-28)26-16-14-24(15-17-26)21-29(37-23-25-12-13-25)30(35)34-19-7-5-8-20-34/h9-11,14-17,22,25,29H,3-8,12-13,18-21,23H2,1-2H3,(H,32,36). The van der Waals surface area contributed by atoms with Crippen molar-refractivity contribution in [1.82, 2.24) is 10.2 Å². The van der Waals surface area contributed by atoms with Crippen LogP contribution in [0.5, 0.6) is 0 Å². The maximum atomic E-state index is 13.2. The van der Waals surface area contributed by atoms with Gasteiger partial charge in [-0.25, -0.2) is 4.79 Å². The minimum Gasteiger partial charge on any atom is -0.368 e. The molecule has 37 heavy (non-hydrogen) atoms.